The van der Waals surface area contributed by atoms with Crippen molar-refractivity contribution in [3.8, 4) is 0 Å². The summed E-state index contributed by atoms with van der Waals surface area (Å²) in [5, 5.41) is 7.88. The van der Waals surface area contributed by atoms with E-state index in [2.05, 4.69) is 56.0 Å². The number of para-hydroxylation sites is 2. The predicted molar refractivity (Wildman–Crippen MR) is 153 cm³/mol. The molecule has 10 nitrogen and oxygen atoms in total. The Bertz CT molecular complexity index is 1350. The van der Waals surface area contributed by atoms with Crippen LogP contribution in [0.3, 0.4) is 0 Å². The number of nitrogens with zero attached hydrogens (tertiary/aromatic N) is 5. The summed E-state index contributed by atoms with van der Waals surface area (Å²) in [6, 6.07) is 10.9. The molecule has 13 heteroatoms. The molecule has 4 rings (SSSR count). The minimum absolute atomic E-state index is 0.292. The number of halogens is 1. The van der Waals surface area contributed by atoms with Gasteiger partial charge in [-0.3, -0.25) is 4.72 Å². The number of hydrogen-bond donors (Lipinski definition) is 3. The second kappa shape index (κ2) is 11.7. The molecule has 198 valence electrons. The first-order chi connectivity index (χ1) is 17.6. The highest BCUT2D eigenvalue weighted by Gasteiger charge is 2.18. The number of piperazine rings is 1. The normalized spacial score (nSPS) is 14.6. The van der Waals surface area contributed by atoms with Gasteiger partial charge in [0, 0.05) is 31.4 Å². The van der Waals surface area contributed by atoms with E-state index in [-0.39, 0.29) is 0 Å². The fourth-order valence-corrected chi connectivity index (χ4v) is 5.25. The minimum Gasteiger partial charge on any atom is -0.354 e. The van der Waals surface area contributed by atoms with Gasteiger partial charge in [-0.05, 0) is 31.3 Å². The van der Waals surface area contributed by atoms with Crippen molar-refractivity contribution in [1.29, 1.82) is 0 Å². The number of pyridine rings is 1. The van der Waals surface area contributed by atoms with Gasteiger partial charge in [-0.15, -0.1) is 11.8 Å². The molecule has 0 bridgehead atoms. The lowest BCUT2D eigenvalue weighted by Crippen LogP contribution is -2.44. The molecule has 1 aliphatic rings. The van der Waals surface area contributed by atoms with Crippen molar-refractivity contribution >= 4 is 68.0 Å². The summed E-state index contributed by atoms with van der Waals surface area (Å²) < 4.78 is 26.0. The quantitative estimate of drug-likeness (QED) is 0.319. The third kappa shape index (κ3) is 7.60. The summed E-state index contributed by atoms with van der Waals surface area (Å²) in [5.74, 6) is 1.62. The Morgan fingerprint density at radius 1 is 0.973 bits per heavy atom. The monoisotopic (exact) mass is 562 g/mol. The van der Waals surface area contributed by atoms with Crippen molar-refractivity contribution in [1.82, 2.24) is 19.9 Å². The average molecular weight is 563 g/mol. The molecule has 1 saturated heterocycles. The maximum absolute atomic E-state index is 11.8. The average Bonchev–Trinajstić information content (AvgIpc) is 2.83. The summed E-state index contributed by atoms with van der Waals surface area (Å²) in [5.41, 5.74) is 1.69. The second-order valence-electron chi connectivity index (χ2n) is 9.04. The van der Waals surface area contributed by atoms with E-state index in [1.165, 1.54) is 6.20 Å². The maximum Gasteiger partial charge on any atom is 0.229 e. The number of thioether (sulfide) groups is 1. The highest BCUT2D eigenvalue weighted by Crippen LogP contribution is 2.34. The fourth-order valence-electron chi connectivity index (χ4n) is 3.69. The maximum atomic E-state index is 11.8. The van der Waals surface area contributed by atoms with E-state index in [1.54, 1.807) is 36.0 Å². The van der Waals surface area contributed by atoms with Crippen LogP contribution in [0.2, 0.25) is 5.02 Å². The summed E-state index contributed by atoms with van der Waals surface area (Å²) >= 11 is 8.04. The molecule has 0 amide bonds. The molecule has 1 fully saturated rings. The first-order valence-corrected chi connectivity index (χ1v) is 15.0. The van der Waals surface area contributed by atoms with E-state index in [9.17, 15) is 8.42 Å². The van der Waals surface area contributed by atoms with E-state index in [4.69, 9.17) is 16.6 Å². The van der Waals surface area contributed by atoms with Crippen LogP contribution >= 0.6 is 23.4 Å². The van der Waals surface area contributed by atoms with Gasteiger partial charge >= 0.3 is 0 Å². The summed E-state index contributed by atoms with van der Waals surface area (Å²) in [6.45, 7) is 8.14. The number of nitrogens with one attached hydrogen (secondary N) is 3. The van der Waals surface area contributed by atoms with Crippen LogP contribution in [-0.4, -0.2) is 73.0 Å². The molecular weight excluding hydrogens is 532 g/mol. The lowest BCUT2D eigenvalue weighted by atomic mass is 10.2. The third-order valence-electron chi connectivity index (χ3n) is 5.49. The van der Waals surface area contributed by atoms with Gasteiger partial charge in [0.2, 0.25) is 16.0 Å². The van der Waals surface area contributed by atoms with Gasteiger partial charge in [0.05, 0.1) is 29.5 Å². The molecule has 2 aromatic heterocycles. The van der Waals surface area contributed by atoms with Crippen molar-refractivity contribution < 1.29 is 8.42 Å². The lowest BCUT2D eigenvalue weighted by Gasteiger charge is -2.33. The van der Waals surface area contributed by atoms with Crippen LogP contribution < -0.4 is 20.3 Å². The van der Waals surface area contributed by atoms with Gasteiger partial charge in [-0.2, -0.15) is 4.98 Å². The Balaban J connectivity index is 1.58. The number of aromatic nitrogens is 3. The van der Waals surface area contributed by atoms with Crippen molar-refractivity contribution in [2.75, 3.05) is 59.7 Å². The van der Waals surface area contributed by atoms with E-state index in [0.29, 0.717) is 33.4 Å². The van der Waals surface area contributed by atoms with Crippen LogP contribution in [-0.2, 0) is 10.0 Å². The Morgan fingerprint density at radius 3 is 2.35 bits per heavy atom. The lowest BCUT2D eigenvalue weighted by molar-refractivity contribution is 0.312. The Hall–Kier alpha value is -2.80. The first-order valence-electron chi connectivity index (χ1n) is 11.8. The highest BCUT2D eigenvalue weighted by molar-refractivity contribution is 8.00. The van der Waals surface area contributed by atoms with E-state index >= 15 is 0 Å². The van der Waals surface area contributed by atoms with Crippen LogP contribution in [0.5, 0.6) is 0 Å². The number of sulfonamides is 1. The largest absolute Gasteiger partial charge is 0.354 e. The molecule has 0 aliphatic carbocycles. The number of hydrogen-bond acceptors (Lipinski definition) is 10. The smallest absolute Gasteiger partial charge is 0.229 e. The van der Waals surface area contributed by atoms with Crippen molar-refractivity contribution in [2.24, 2.45) is 0 Å². The molecule has 0 unspecified atom stereocenters. The third-order valence-corrected chi connectivity index (χ3v) is 7.36. The van der Waals surface area contributed by atoms with E-state index in [1.807, 2.05) is 12.1 Å². The molecule has 3 N–H and O–H groups in total. The van der Waals surface area contributed by atoms with Crippen molar-refractivity contribution in [3.05, 3.63) is 47.6 Å². The van der Waals surface area contributed by atoms with Crippen LogP contribution in [0.25, 0.3) is 0 Å². The summed E-state index contributed by atoms with van der Waals surface area (Å²) in [4.78, 5) is 18.5. The van der Waals surface area contributed by atoms with Gasteiger partial charge in [0.1, 0.15) is 15.9 Å². The van der Waals surface area contributed by atoms with E-state index < -0.39 is 10.0 Å². The summed E-state index contributed by atoms with van der Waals surface area (Å²) in [7, 11) is -1.33. The van der Waals surface area contributed by atoms with Crippen molar-refractivity contribution in [3.63, 3.8) is 0 Å². The zero-order valence-electron chi connectivity index (χ0n) is 21.2. The van der Waals surface area contributed by atoms with Crippen LogP contribution in [0.1, 0.15) is 13.8 Å². The Morgan fingerprint density at radius 2 is 1.68 bits per heavy atom. The number of anilines is 6. The molecule has 37 heavy (non-hydrogen) atoms. The van der Waals surface area contributed by atoms with Crippen molar-refractivity contribution in [2.45, 2.75) is 24.1 Å². The first kappa shape index (κ1) is 27.2. The predicted octanol–water partition coefficient (Wildman–Crippen LogP) is 4.64. The molecular formula is C24H31ClN8O2S2. The molecule has 0 saturated carbocycles. The van der Waals surface area contributed by atoms with Gasteiger partial charge in [0.25, 0.3) is 0 Å². The fraction of sp³-hybridized carbons (Fsp3) is 0.375. The molecule has 0 atom stereocenters. The number of benzene rings is 1. The molecule has 1 aliphatic heterocycles. The molecule has 1 aromatic carbocycles. The SMILES string of the molecule is CC(C)Sc1nc(N2CCN(C)CC2)ccc1Nc1ncc(Cl)c(Nc2ccccc2NS(C)(=O)=O)n1. The molecule has 3 aromatic rings. The van der Waals surface area contributed by atoms with Gasteiger partial charge in [-0.1, -0.05) is 37.6 Å². The number of rotatable bonds is 9. The van der Waals surface area contributed by atoms with E-state index in [0.717, 1.165) is 49.0 Å². The zero-order chi connectivity index (χ0) is 26.6. The highest BCUT2D eigenvalue weighted by atomic mass is 35.5. The molecule has 0 spiro atoms. The summed E-state index contributed by atoms with van der Waals surface area (Å²) in [6.07, 6.45) is 2.59. The van der Waals surface area contributed by atoms with Gasteiger partial charge in [-0.25, -0.2) is 18.4 Å². The topological polar surface area (TPSA) is 115 Å². The Labute approximate surface area is 227 Å². The zero-order valence-corrected chi connectivity index (χ0v) is 23.6. The van der Waals surface area contributed by atoms with Crippen LogP contribution in [0, 0.1) is 0 Å². The van der Waals surface area contributed by atoms with Crippen LogP contribution in [0.4, 0.5) is 34.6 Å². The minimum atomic E-state index is -3.46. The molecule has 3 heterocycles. The second-order valence-corrected chi connectivity index (χ2v) is 12.8. The number of likely N-dealkylation sites (N-methyl/N-ethyl adjacent to an activating group) is 1. The van der Waals surface area contributed by atoms with Gasteiger partial charge in [0.15, 0.2) is 5.82 Å². The standard InChI is InChI=1S/C24H31ClN8O2S2/c1-16(2)36-23-20(9-10-21(29-23)33-13-11-32(3)12-14-33)28-24-26-15-17(25)22(30-24)27-18-7-5-6-8-19(18)31-37(4,34)35/h5-10,15-16,31H,11-14H2,1-4H3,(H2,26,27,28,30). The van der Waals surface area contributed by atoms with Crippen LogP contribution in [0.15, 0.2) is 47.6 Å². The van der Waals surface area contributed by atoms with Gasteiger partial charge < -0.3 is 20.4 Å². The molecule has 0 radical (unpaired) electrons. The Kier molecular flexibility index (Phi) is 8.63.